The fraction of sp³-hybridized carbons (Fsp3) is 0.476. The van der Waals surface area contributed by atoms with Gasteiger partial charge in [0.1, 0.15) is 35.1 Å². The SMILES string of the molecule is CCCCCN(C(=O)C(Cc1ccc(O)cc1)NC(=O)OC(C)(C)C)C(C(=O)NC(Cc1ccccc1)C(=O)OC(C)(C)C)c1ccc(CC)cc1. The van der Waals surface area contributed by atoms with Gasteiger partial charge in [-0.3, -0.25) is 9.59 Å². The lowest BCUT2D eigenvalue weighted by atomic mass is 9.97. The summed E-state index contributed by atoms with van der Waals surface area (Å²) < 4.78 is 11.3. The van der Waals surface area contributed by atoms with E-state index in [1.165, 1.54) is 17.0 Å². The quantitative estimate of drug-likeness (QED) is 0.105. The first-order valence-corrected chi connectivity index (χ1v) is 18.2. The van der Waals surface area contributed by atoms with Crippen LogP contribution in [-0.4, -0.2) is 63.7 Å². The molecule has 3 atom stereocenters. The lowest BCUT2D eigenvalue weighted by Crippen LogP contribution is -2.55. The molecule has 0 aliphatic carbocycles. The number of carbonyl (C=O) groups excluding carboxylic acids is 4. The lowest BCUT2D eigenvalue weighted by molar-refractivity contribution is -0.159. The number of aromatic hydroxyl groups is 1. The van der Waals surface area contributed by atoms with Crippen molar-refractivity contribution in [3.63, 3.8) is 0 Å². The van der Waals surface area contributed by atoms with Crippen LogP contribution in [-0.2, 0) is 43.1 Å². The number of unbranched alkanes of at least 4 members (excludes halogenated alkanes) is 2. The van der Waals surface area contributed by atoms with E-state index in [1.54, 1.807) is 53.7 Å². The fourth-order valence-corrected chi connectivity index (χ4v) is 5.69. The van der Waals surface area contributed by atoms with Gasteiger partial charge in [0, 0.05) is 19.4 Å². The molecular formula is C42H57N3O7. The minimum atomic E-state index is -1.15. The monoisotopic (exact) mass is 715 g/mol. The molecular weight excluding hydrogens is 658 g/mol. The van der Waals surface area contributed by atoms with Crippen LogP contribution >= 0.6 is 0 Å². The Balaban J connectivity index is 2.13. The number of hydrogen-bond donors (Lipinski definition) is 3. The zero-order valence-corrected chi connectivity index (χ0v) is 32.0. The molecule has 0 heterocycles. The molecule has 3 aromatic rings. The summed E-state index contributed by atoms with van der Waals surface area (Å²) >= 11 is 0. The second-order valence-electron chi connectivity index (χ2n) is 15.1. The Morgan fingerprint density at radius 2 is 1.25 bits per heavy atom. The lowest BCUT2D eigenvalue weighted by Gasteiger charge is -2.35. The number of phenols is 1. The van der Waals surface area contributed by atoms with Gasteiger partial charge in [-0.2, -0.15) is 0 Å². The maximum Gasteiger partial charge on any atom is 0.408 e. The molecule has 0 aromatic heterocycles. The molecule has 3 N–H and O–H groups in total. The van der Waals surface area contributed by atoms with Crippen LogP contribution in [0.15, 0.2) is 78.9 Å². The Kier molecular flexibility index (Phi) is 15.3. The molecule has 3 aromatic carbocycles. The molecule has 0 aliphatic heterocycles. The van der Waals surface area contributed by atoms with E-state index in [2.05, 4.69) is 10.6 Å². The van der Waals surface area contributed by atoms with Gasteiger partial charge in [0.2, 0.25) is 11.8 Å². The zero-order valence-electron chi connectivity index (χ0n) is 32.0. The van der Waals surface area contributed by atoms with E-state index in [-0.39, 0.29) is 25.1 Å². The standard InChI is InChI=1S/C42H57N3O7/c1-9-11-15-26-45(38(48)34(44-40(50)52-42(6,7)8)27-31-20-24-33(46)25-21-31)36(32-22-18-29(10-2)19-23-32)37(47)43-35(39(49)51-41(3,4)5)28-30-16-13-12-14-17-30/h12-14,16-25,34-36,46H,9-11,15,26-28H2,1-8H3,(H,43,47)(H,44,50). The highest BCUT2D eigenvalue weighted by Crippen LogP contribution is 2.26. The average Bonchev–Trinajstić information content (AvgIpc) is 3.07. The van der Waals surface area contributed by atoms with Crippen LogP contribution in [0.4, 0.5) is 4.79 Å². The minimum absolute atomic E-state index is 0.0650. The first-order valence-electron chi connectivity index (χ1n) is 18.2. The van der Waals surface area contributed by atoms with Crippen LogP contribution in [0, 0.1) is 0 Å². The van der Waals surface area contributed by atoms with Crippen molar-refractivity contribution >= 4 is 23.9 Å². The van der Waals surface area contributed by atoms with E-state index in [0.717, 1.165) is 30.4 Å². The summed E-state index contributed by atoms with van der Waals surface area (Å²) in [5.74, 6) is -1.58. The molecule has 0 saturated heterocycles. The molecule has 10 nitrogen and oxygen atoms in total. The molecule has 3 unspecified atom stereocenters. The average molecular weight is 716 g/mol. The Labute approximate surface area is 309 Å². The Morgan fingerprint density at radius 3 is 1.81 bits per heavy atom. The summed E-state index contributed by atoms with van der Waals surface area (Å²) in [5, 5.41) is 15.6. The Morgan fingerprint density at radius 1 is 0.692 bits per heavy atom. The minimum Gasteiger partial charge on any atom is -0.508 e. The smallest absolute Gasteiger partial charge is 0.408 e. The maximum absolute atomic E-state index is 14.9. The van der Waals surface area contributed by atoms with E-state index in [4.69, 9.17) is 9.47 Å². The first-order chi connectivity index (χ1) is 24.5. The maximum atomic E-state index is 14.9. The van der Waals surface area contributed by atoms with Crippen molar-refractivity contribution in [1.82, 2.24) is 15.5 Å². The molecule has 10 heteroatoms. The molecule has 3 rings (SSSR count). The zero-order chi connectivity index (χ0) is 38.5. The van der Waals surface area contributed by atoms with E-state index < -0.39 is 53.2 Å². The van der Waals surface area contributed by atoms with Crippen LogP contribution in [0.2, 0.25) is 0 Å². The van der Waals surface area contributed by atoms with E-state index >= 15 is 0 Å². The number of nitrogens with zero attached hydrogens (tertiary/aromatic N) is 1. The number of carbonyl (C=O) groups is 4. The first kappa shape index (κ1) is 41.6. The Bertz CT molecular complexity index is 1590. The van der Waals surface area contributed by atoms with Crippen LogP contribution in [0.25, 0.3) is 0 Å². The van der Waals surface area contributed by atoms with Crippen LogP contribution in [0.1, 0.15) is 103 Å². The Hall–Kier alpha value is -4.86. The molecule has 282 valence electrons. The highest BCUT2D eigenvalue weighted by molar-refractivity contribution is 5.94. The van der Waals surface area contributed by atoms with Crippen molar-refractivity contribution in [2.75, 3.05) is 6.54 Å². The van der Waals surface area contributed by atoms with Crippen LogP contribution in [0.5, 0.6) is 5.75 Å². The number of hydrogen-bond acceptors (Lipinski definition) is 7. The van der Waals surface area contributed by atoms with E-state index in [9.17, 15) is 24.3 Å². The molecule has 0 bridgehead atoms. The van der Waals surface area contributed by atoms with Gasteiger partial charge in [0.25, 0.3) is 0 Å². The van der Waals surface area contributed by atoms with Gasteiger partial charge in [-0.05, 0) is 88.8 Å². The van der Waals surface area contributed by atoms with Crippen molar-refractivity contribution in [2.45, 2.75) is 123 Å². The normalized spacial score (nSPS) is 13.3. The third-order valence-electron chi connectivity index (χ3n) is 8.21. The van der Waals surface area contributed by atoms with Crippen molar-refractivity contribution in [2.24, 2.45) is 0 Å². The summed E-state index contributed by atoms with van der Waals surface area (Å²) in [6, 6.07) is 19.9. The molecule has 0 spiro atoms. The third kappa shape index (κ3) is 13.7. The second kappa shape index (κ2) is 19.1. The van der Waals surface area contributed by atoms with Gasteiger partial charge in [-0.1, -0.05) is 93.4 Å². The van der Waals surface area contributed by atoms with Gasteiger partial charge >= 0.3 is 12.1 Å². The molecule has 0 saturated carbocycles. The molecule has 3 amide bonds. The number of nitrogens with one attached hydrogen (secondary N) is 2. The number of amides is 3. The van der Waals surface area contributed by atoms with Gasteiger partial charge in [0.05, 0.1) is 0 Å². The summed E-state index contributed by atoms with van der Waals surface area (Å²) in [4.78, 5) is 57.9. The van der Waals surface area contributed by atoms with E-state index in [1.807, 2.05) is 68.4 Å². The van der Waals surface area contributed by atoms with Crippen molar-refractivity contribution < 1.29 is 33.8 Å². The predicted octanol–water partition coefficient (Wildman–Crippen LogP) is 7.22. The van der Waals surface area contributed by atoms with Crippen LogP contribution in [0.3, 0.4) is 0 Å². The predicted molar refractivity (Wildman–Crippen MR) is 203 cm³/mol. The number of alkyl carbamates (subject to hydrolysis) is 1. The van der Waals surface area contributed by atoms with Gasteiger partial charge in [-0.25, -0.2) is 9.59 Å². The number of rotatable bonds is 16. The number of ether oxygens (including phenoxy) is 2. The van der Waals surface area contributed by atoms with Gasteiger partial charge in [-0.15, -0.1) is 0 Å². The molecule has 0 aliphatic rings. The van der Waals surface area contributed by atoms with Crippen molar-refractivity contribution in [1.29, 1.82) is 0 Å². The third-order valence-corrected chi connectivity index (χ3v) is 8.21. The highest BCUT2D eigenvalue weighted by atomic mass is 16.6. The van der Waals surface area contributed by atoms with Gasteiger partial charge in [0.15, 0.2) is 0 Å². The van der Waals surface area contributed by atoms with E-state index in [0.29, 0.717) is 17.5 Å². The van der Waals surface area contributed by atoms with Crippen molar-refractivity contribution in [3.8, 4) is 5.75 Å². The molecule has 0 fully saturated rings. The summed E-state index contributed by atoms with van der Waals surface area (Å²) in [6.07, 6.45) is 2.51. The molecule has 52 heavy (non-hydrogen) atoms. The highest BCUT2D eigenvalue weighted by Gasteiger charge is 2.38. The van der Waals surface area contributed by atoms with Gasteiger partial charge < -0.3 is 30.1 Å². The second-order valence-corrected chi connectivity index (χ2v) is 15.1. The number of aryl methyl sites for hydroxylation is 1. The molecule has 0 radical (unpaired) electrons. The topological polar surface area (TPSA) is 134 Å². The number of phenolic OH excluding ortho intramolecular Hbond substituents is 1. The summed E-state index contributed by atoms with van der Waals surface area (Å²) in [5.41, 5.74) is 1.50. The van der Waals surface area contributed by atoms with Crippen LogP contribution < -0.4 is 10.6 Å². The number of esters is 1. The summed E-state index contributed by atoms with van der Waals surface area (Å²) in [7, 11) is 0. The van der Waals surface area contributed by atoms with Crippen molar-refractivity contribution in [3.05, 3.63) is 101 Å². The largest absolute Gasteiger partial charge is 0.508 e. The fourth-order valence-electron chi connectivity index (χ4n) is 5.69. The number of benzene rings is 3. The summed E-state index contributed by atoms with van der Waals surface area (Å²) in [6.45, 7) is 14.8.